The fourth-order valence-electron chi connectivity index (χ4n) is 2.36. The molecular weight excluding hydrogens is 273 g/mol. The highest BCUT2D eigenvalue weighted by Gasteiger charge is 2.32. The maximum Gasteiger partial charge on any atom is 0.302 e. The summed E-state index contributed by atoms with van der Waals surface area (Å²) in [6, 6.07) is 3.67. The SMILES string of the molecule is O=C1CC(CS(=O)(=O)F)CN1CCCc1ccco1. The highest BCUT2D eigenvalue weighted by Crippen LogP contribution is 2.20. The first-order valence-corrected chi connectivity index (χ1v) is 7.72. The van der Waals surface area contributed by atoms with Crippen LogP contribution in [0.4, 0.5) is 3.89 Å². The van der Waals surface area contributed by atoms with Gasteiger partial charge in [0.05, 0.1) is 12.0 Å². The van der Waals surface area contributed by atoms with E-state index in [0.717, 1.165) is 18.6 Å². The Balaban J connectivity index is 1.77. The lowest BCUT2D eigenvalue weighted by molar-refractivity contribution is -0.127. The molecule has 0 N–H and O–H groups in total. The molecule has 0 aliphatic carbocycles. The number of carbonyl (C=O) groups is 1. The normalized spacial score (nSPS) is 20.2. The second kappa shape index (κ2) is 5.73. The van der Waals surface area contributed by atoms with E-state index in [1.807, 2.05) is 6.07 Å². The van der Waals surface area contributed by atoms with Gasteiger partial charge in [0.2, 0.25) is 5.91 Å². The maximum absolute atomic E-state index is 12.6. The smallest absolute Gasteiger partial charge is 0.302 e. The molecule has 19 heavy (non-hydrogen) atoms. The van der Waals surface area contributed by atoms with Crippen molar-refractivity contribution >= 4 is 16.1 Å². The largest absolute Gasteiger partial charge is 0.469 e. The zero-order valence-electron chi connectivity index (χ0n) is 10.4. The summed E-state index contributed by atoms with van der Waals surface area (Å²) in [4.78, 5) is 13.2. The Morgan fingerprint density at radius 1 is 1.47 bits per heavy atom. The van der Waals surface area contributed by atoms with E-state index in [2.05, 4.69) is 0 Å². The first-order valence-electron chi connectivity index (χ1n) is 6.16. The summed E-state index contributed by atoms with van der Waals surface area (Å²) in [6.45, 7) is 0.864. The third-order valence-electron chi connectivity index (χ3n) is 3.16. The number of amides is 1. The molecular formula is C12H16FNO4S. The van der Waals surface area contributed by atoms with Crippen molar-refractivity contribution in [2.24, 2.45) is 5.92 Å². The van der Waals surface area contributed by atoms with E-state index in [9.17, 15) is 17.1 Å². The van der Waals surface area contributed by atoms with Gasteiger partial charge in [-0.3, -0.25) is 4.79 Å². The molecule has 1 saturated heterocycles. The second-order valence-corrected chi connectivity index (χ2v) is 6.21. The van der Waals surface area contributed by atoms with Crippen molar-refractivity contribution in [2.45, 2.75) is 19.3 Å². The molecule has 0 bridgehead atoms. The van der Waals surface area contributed by atoms with Crippen LogP contribution in [0.25, 0.3) is 0 Å². The van der Waals surface area contributed by atoms with Gasteiger partial charge in [0.1, 0.15) is 5.76 Å². The number of likely N-dealkylation sites (tertiary alicyclic amines) is 1. The molecule has 2 rings (SSSR count). The van der Waals surface area contributed by atoms with Gasteiger partial charge in [-0.15, -0.1) is 3.89 Å². The van der Waals surface area contributed by atoms with Crippen molar-refractivity contribution < 1.29 is 21.5 Å². The summed E-state index contributed by atoms with van der Waals surface area (Å²) in [7, 11) is -4.50. The molecule has 1 unspecified atom stereocenters. The molecule has 5 nitrogen and oxygen atoms in total. The van der Waals surface area contributed by atoms with Crippen LogP contribution in [-0.4, -0.2) is 38.1 Å². The number of hydrogen-bond acceptors (Lipinski definition) is 4. The minimum atomic E-state index is -4.50. The Morgan fingerprint density at radius 2 is 2.26 bits per heavy atom. The molecule has 1 aliphatic heterocycles. The van der Waals surface area contributed by atoms with Gasteiger partial charge in [-0.1, -0.05) is 0 Å². The highest BCUT2D eigenvalue weighted by atomic mass is 32.3. The Hall–Kier alpha value is -1.37. The van der Waals surface area contributed by atoms with Gasteiger partial charge >= 0.3 is 10.2 Å². The number of aryl methyl sites for hydroxylation is 1. The van der Waals surface area contributed by atoms with Crippen molar-refractivity contribution in [3.63, 3.8) is 0 Å². The predicted molar refractivity (Wildman–Crippen MR) is 66.6 cm³/mol. The van der Waals surface area contributed by atoms with E-state index < -0.39 is 21.9 Å². The molecule has 0 spiro atoms. The van der Waals surface area contributed by atoms with Crippen molar-refractivity contribution in [1.82, 2.24) is 4.90 Å². The second-order valence-electron chi connectivity index (χ2n) is 4.80. The van der Waals surface area contributed by atoms with Crippen LogP contribution in [0.5, 0.6) is 0 Å². The Bertz CT molecular complexity index is 526. The van der Waals surface area contributed by atoms with Crippen LogP contribution in [0.2, 0.25) is 0 Å². The zero-order valence-corrected chi connectivity index (χ0v) is 11.2. The molecule has 0 radical (unpaired) electrons. The van der Waals surface area contributed by atoms with Crippen LogP contribution >= 0.6 is 0 Å². The van der Waals surface area contributed by atoms with Crippen molar-refractivity contribution in [3.05, 3.63) is 24.2 Å². The lowest BCUT2D eigenvalue weighted by Gasteiger charge is -2.15. The Kier molecular flexibility index (Phi) is 4.24. The fourth-order valence-corrected chi connectivity index (χ4v) is 3.15. The van der Waals surface area contributed by atoms with Crippen LogP contribution in [0.1, 0.15) is 18.6 Å². The summed E-state index contributed by atoms with van der Waals surface area (Å²) in [5.74, 6) is -0.235. The summed E-state index contributed by atoms with van der Waals surface area (Å²) >= 11 is 0. The van der Waals surface area contributed by atoms with E-state index in [4.69, 9.17) is 4.42 Å². The average Bonchev–Trinajstić information content (AvgIpc) is 2.87. The molecule has 1 atom stereocenters. The van der Waals surface area contributed by atoms with E-state index in [1.54, 1.807) is 17.2 Å². The summed E-state index contributed by atoms with van der Waals surface area (Å²) in [5.41, 5.74) is 0. The molecule has 1 aromatic heterocycles. The maximum atomic E-state index is 12.6. The molecule has 0 aromatic carbocycles. The molecule has 7 heteroatoms. The van der Waals surface area contributed by atoms with Gasteiger partial charge in [-0.25, -0.2) is 0 Å². The summed E-state index contributed by atoms with van der Waals surface area (Å²) in [6.07, 6.45) is 3.18. The first-order chi connectivity index (χ1) is 8.94. The fraction of sp³-hybridized carbons (Fsp3) is 0.583. The van der Waals surface area contributed by atoms with Crippen LogP contribution in [0, 0.1) is 5.92 Å². The van der Waals surface area contributed by atoms with Crippen LogP contribution in [-0.2, 0) is 21.4 Å². The molecule has 2 heterocycles. The Labute approximate surface area is 111 Å². The monoisotopic (exact) mass is 289 g/mol. The van der Waals surface area contributed by atoms with Crippen LogP contribution < -0.4 is 0 Å². The number of carbonyl (C=O) groups excluding carboxylic acids is 1. The molecule has 106 valence electrons. The molecule has 1 fully saturated rings. The number of hydrogen-bond donors (Lipinski definition) is 0. The van der Waals surface area contributed by atoms with E-state index in [-0.39, 0.29) is 12.3 Å². The van der Waals surface area contributed by atoms with Crippen molar-refractivity contribution in [2.75, 3.05) is 18.8 Å². The molecule has 1 aromatic rings. The summed E-state index contributed by atoms with van der Waals surface area (Å²) < 4.78 is 38.9. The minimum Gasteiger partial charge on any atom is -0.469 e. The first kappa shape index (κ1) is 14.0. The van der Waals surface area contributed by atoms with E-state index in [1.165, 1.54) is 0 Å². The molecule has 1 amide bonds. The van der Waals surface area contributed by atoms with Gasteiger partial charge in [-0.05, 0) is 18.6 Å². The van der Waals surface area contributed by atoms with E-state index in [0.29, 0.717) is 13.1 Å². The quantitative estimate of drug-likeness (QED) is 0.742. The number of furan rings is 1. The number of halogens is 1. The van der Waals surface area contributed by atoms with Gasteiger partial charge in [0, 0.05) is 31.8 Å². The zero-order chi connectivity index (χ0) is 13.9. The average molecular weight is 289 g/mol. The van der Waals surface area contributed by atoms with Gasteiger partial charge in [-0.2, -0.15) is 8.42 Å². The van der Waals surface area contributed by atoms with Crippen molar-refractivity contribution in [3.8, 4) is 0 Å². The third-order valence-corrected chi connectivity index (χ3v) is 4.03. The van der Waals surface area contributed by atoms with Crippen molar-refractivity contribution in [1.29, 1.82) is 0 Å². The standard InChI is InChI=1S/C12H16FNO4S/c13-19(16,17)9-10-7-12(15)14(8-10)5-1-3-11-4-2-6-18-11/h2,4,6,10H,1,3,5,7-9H2. The van der Waals surface area contributed by atoms with Gasteiger partial charge < -0.3 is 9.32 Å². The van der Waals surface area contributed by atoms with Gasteiger partial charge in [0.15, 0.2) is 0 Å². The number of rotatable bonds is 6. The molecule has 1 aliphatic rings. The van der Waals surface area contributed by atoms with Gasteiger partial charge in [0.25, 0.3) is 0 Å². The van der Waals surface area contributed by atoms with Crippen LogP contribution in [0.15, 0.2) is 22.8 Å². The number of nitrogens with zero attached hydrogens (tertiary/aromatic N) is 1. The molecule has 0 saturated carbocycles. The summed E-state index contributed by atoms with van der Waals surface area (Å²) in [5, 5.41) is 0. The predicted octanol–water partition coefficient (Wildman–Crippen LogP) is 1.36. The van der Waals surface area contributed by atoms with E-state index >= 15 is 0 Å². The third kappa shape index (κ3) is 4.34. The minimum absolute atomic E-state index is 0.104. The lowest BCUT2D eigenvalue weighted by atomic mass is 10.1. The topological polar surface area (TPSA) is 67.6 Å². The Morgan fingerprint density at radius 3 is 2.89 bits per heavy atom. The lowest BCUT2D eigenvalue weighted by Crippen LogP contribution is -2.27. The van der Waals surface area contributed by atoms with Crippen LogP contribution in [0.3, 0.4) is 0 Å². The highest BCUT2D eigenvalue weighted by molar-refractivity contribution is 7.86.